The molecule has 0 atom stereocenters. The summed E-state index contributed by atoms with van der Waals surface area (Å²) >= 11 is 4.13. The topological polar surface area (TPSA) is 36.9 Å². The molecule has 0 heterocycles. The van der Waals surface area contributed by atoms with Gasteiger partial charge in [0.1, 0.15) is 0 Å². The molecule has 0 aliphatic heterocycles. The zero-order chi connectivity index (χ0) is 19.2. The van der Waals surface area contributed by atoms with Crippen LogP contribution in [-0.2, 0) is 17.6 Å². The van der Waals surface area contributed by atoms with E-state index in [2.05, 4.69) is 36.9 Å². The molecular formula is C22H26O4S. The molecule has 1 aliphatic carbocycles. The van der Waals surface area contributed by atoms with Crippen LogP contribution in [0.1, 0.15) is 23.1 Å². The normalized spacial score (nSPS) is 12.0. The third-order valence-electron chi connectivity index (χ3n) is 4.82. The summed E-state index contributed by atoms with van der Waals surface area (Å²) in [6, 6.07) is 8.49. The molecule has 0 aromatic heterocycles. The fourth-order valence-corrected chi connectivity index (χ4v) is 3.84. The first-order valence-electron chi connectivity index (χ1n) is 9.06. The maximum Gasteiger partial charge on any atom is 0.203 e. The molecule has 0 fully saturated rings. The van der Waals surface area contributed by atoms with E-state index >= 15 is 0 Å². The van der Waals surface area contributed by atoms with E-state index in [0.29, 0.717) is 18.1 Å². The highest BCUT2D eigenvalue weighted by molar-refractivity contribution is 7.80. The van der Waals surface area contributed by atoms with Gasteiger partial charge < -0.3 is 18.9 Å². The van der Waals surface area contributed by atoms with E-state index in [1.165, 1.54) is 22.3 Å². The van der Waals surface area contributed by atoms with Crippen LogP contribution in [0.5, 0.6) is 17.2 Å². The smallest absolute Gasteiger partial charge is 0.203 e. The van der Waals surface area contributed by atoms with Crippen LogP contribution in [0.4, 0.5) is 0 Å². The average molecular weight is 387 g/mol. The van der Waals surface area contributed by atoms with E-state index in [4.69, 9.17) is 18.9 Å². The monoisotopic (exact) mass is 386 g/mol. The van der Waals surface area contributed by atoms with Crippen LogP contribution >= 0.6 is 12.6 Å². The summed E-state index contributed by atoms with van der Waals surface area (Å²) in [7, 11) is 5.02. The van der Waals surface area contributed by atoms with Gasteiger partial charge in [0.2, 0.25) is 5.75 Å². The van der Waals surface area contributed by atoms with Gasteiger partial charge in [0.15, 0.2) is 11.5 Å². The number of ether oxygens (including phenoxy) is 4. The molecule has 27 heavy (non-hydrogen) atoms. The maximum absolute atomic E-state index is 5.78. The van der Waals surface area contributed by atoms with Gasteiger partial charge in [-0.25, -0.2) is 0 Å². The van der Waals surface area contributed by atoms with Gasteiger partial charge in [-0.1, -0.05) is 24.3 Å². The van der Waals surface area contributed by atoms with Crippen LogP contribution in [0.25, 0.3) is 11.1 Å². The Hall–Kier alpha value is -2.27. The Morgan fingerprint density at radius 1 is 1.00 bits per heavy atom. The lowest BCUT2D eigenvalue weighted by Crippen LogP contribution is -2.05. The van der Waals surface area contributed by atoms with Crippen molar-refractivity contribution in [3.63, 3.8) is 0 Å². The summed E-state index contributed by atoms with van der Waals surface area (Å²) in [5, 5.41) is 0. The first kappa shape index (κ1) is 19.5. The molecule has 0 radical (unpaired) electrons. The summed E-state index contributed by atoms with van der Waals surface area (Å²) in [6.45, 7) is 0.637. The molecule has 2 aromatic carbocycles. The summed E-state index contributed by atoms with van der Waals surface area (Å²) in [4.78, 5) is 0. The van der Waals surface area contributed by atoms with Gasteiger partial charge in [-0.3, -0.25) is 0 Å². The number of benzene rings is 2. The van der Waals surface area contributed by atoms with Crippen LogP contribution in [0.3, 0.4) is 0 Å². The van der Waals surface area contributed by atoms with Gasteiger partial charge >= 0.3 is 0 Å². The molecule has 0 amide bonds. The van der Waals surface area contributed by atoms with Crippen molar-refractivity contribution in [3.8, 4) is 28.4 Å². The first-order chi connectivity index (χ1) is 13.3. The highest BCUT2D eigenvalue weighted by Crippen LogP contribution is 2.53. The first-order valence-corrected chi connectivity index (χ1v) is 9.69. The minimum Gasteiger partial charge on any atom is -0.501 e. The fraction of sp³-hybridized carbons (Fsp3) is 0.364. The Bertz CT molecular complexity index is 830. The van der Waals surface area contributed by atoms with E-state index in [1.54, 1.807) is 27.6 Å². The fourth-order valence-electron chi connectivity index (χ4n) is 3.76. The van der Waals surface area contributed by atoms with Crippen LogP contribution in [0.2, 0.25) is 0 Å². The van der Waals surface area contributed by atoms with E-state index in [-0.39, 0.29) is 0 Å². The molecule has 0 bridgehead atoms. The third kappa shape index (κ3) is 3.74. The lowest BCUT2D eigenvalue weighted by Gasteiger charge is -2.21. The number of hydrogen-bond donors (Lipinski definition) is 1. The van der Waals surface area contributed by atoms with E-state index in [9.17, 15) is 0 Å². The number of thiol groups is 1. The van der Waals surface area contributed by atoms with Gasteiger partial charge in [0.05, 0.1) is 34.2 Å². The predicted molar refractivity (Wildman–Crippen MR) is 112 cm³/mol. The van der Waals surface area contributed by atoms with Crippen molar-refractivity contribution < 1.29 is 18.9 Å². The van der Waals surface area contributed by atoms with Crippen molar-refractivity contribution in [3.05, 3.63) is 53.3 Å². The molecule has 0 N–H and O–H groups in total. The van der Waals surface area contributed by atoms with Crippen molar-refractivity contribution in [1.82, 2.24) is 0 Å². The SMILES string of the molecule is COc1c(CCCOC=CCS)c2c(c(OC)c1OC)Cc1ccccc1-2. The Labute approximate surface area is 166 Å². The van der Waals surface area contributed by atoms with Gasteiger partial charge in [-0.05, 0) is 35.6 Å². The molecule has 0 unspecified atom stereocenters. The Balaban J connectivity index is 2.03. The number of hydrogen-bond acceptors (Lipinski definition) is 5. The number of methoxy groups -OCH3 is 3. The Morgan fingerprint density at radius 2 is 1.74 bits per heavy atom. The molecule has 2 aromatic rings. The van der Waals surface area contributed by atoms with Crippen LogP contribution in [0.15, 0.2) is 36.6 Å². The van der Waals surface area contributed by atoms with Gasteiger partial charge in [0, 0.05) is 23.3 Å². The van der Waals surface area contributed by atoms with E-state index in [0.717, 1.165) is 36.3 Å². The second-order valence-electron chi connectivity index (χ2n) is 6.29. The molecule has 4 nitrogen and oxygen atoms in total. The number of rotatable bonds is 9. The van der Waals surface area contributed by atoms with Crippen molar-refractivity contribution in [2.45, 2.75) is 19.3 Å². The van der Waals surface area contributed by atoms with Crippen LogP contribution < -0.4 is 14.2 Å². The quantitative estimate of drug-likeness (QED) is 0.329. The molecule has 0 saturated heterocycles. The molecular weight excluding hydrogens is 360 g/mol. The minimum absolute atomic E-state index is 0.637. The van der Waals surface area contributed by atoms with Crippen molar-refractivity contribution in [2.24, 2.45) is 0 Å². The molecule has 5 heteroatoms. The van der Waals surface area contributed by atoms with Gasteiger partial charge in [-0.2, -0.15) is 12.6 Å². The van der Waals surface area contributed by atoms with E-state index < -0.39 is 0 Å². The molecule has 0 saturated carbocycles. The summed E-state index contributed by atoms with van der Waals surface area (Å²) < 4.78 is 22.7. The average Bonchev–Trinajstić information content (AvgIpc) is 3.08. The van der Waals surface area contributed by atoms with E-state index in [1.807, 2.05) is 6.08 Å². The lowest BCUT2D eigenvalue weighted by molar-refractivity contribution is 0.244. The number of fused-ring (bicyclic) bond motifs is 3. The second kappa shape index (κ2) is 9.09. The molecule has 144 valence electrons. The second-order valence-corrected chi connectivity index (χ2v) is 6.66. The summed E-state index contributed by atoms with van der Waals surface area (Å²) in [5.41, 5.74) is 6.08. The highest BCUT2D eigenvalue weighted by atomic mass is 32.1. The highest BCUT2D eigenvalue weighted by Gasteiger charge is 2.31. The zero-order valence-corrected chi connectivity index (χ0v) is 17.0. The summed E-state index contributed by atoms with van der Waals surface area (Å²) in [6.07, 6.45) is 6.13. The standard InChI is InChI=1S/C22H26O4S/c1-23-20-17(10-6-11-26-12-7-13-27)19-16-9-5-4-8-15(16)14-18(19)21(24-2)22(20)25-3/h4-5,7-9,12,27H,6,10-11,13-14H2,1-3H3. The largest absolute Gasteiger partial charge is 0.501 e. The Kier molecular flexibility index (Phi) is 6.56. The Morgan fingerprint density at radius 3 is 2.44 bits per heavy atom. The van der Waals surface area contributed by atoms with Crippen molar-refractivity contribution >= 4 is 12.6 Å². The zero-order valence-electron chi connectivity index (χ0n) is 16.1. The minimum atomic E-state index is 0.637. The van der Waals surface area contributed by atoms with Gasteiger partial charge in [-0.15, -0.1) is 0 Å². The van der Waals surface area contributed by atoms with Gasteiger partial charge in [0.25, 0.3) is 0 Å². The predicted octanol–water partition coefficient (Wildman–Crippen LogP) is 4.68. The molecule has 1 aliphatic rings. The van der Waals surface area contributed by atoms with Crippen molar-refractivity contribution in [1.29, 1.82) is 0 Å². The van der Waals surface area contributed by atoms with Crippen LogP contribution in [-0.4, -0.2) is 33.7 Å². The van der Waals surface area contributed by atoms with Crippen LogP contribution in [0, 0.1) is 0 Å². The molecule has 0 spiro atoms. The summed E-state index contributed by atoms with van der Waals surface area (Å²) in [5.74, 6) is 2.85. The maximum atomic E-state index is 5.78. The van der Waals surface area contributed by atoms with Crippen molar-refractivity contribution in [2.75, 3.05) is 33.7 Å². The lowest BCUT2D eigenvalue weighted by atomic mass is 9.94. The molecule has 3 rings (SSSR count). The third-order valence-corrected chi connectivity index (χ3v) is 5.03.